The van der Waals surface area contributed by atoms with Gasteiger partial charge in [-0.05, 0) is 0 Å². The summed E-state index contributed by atoms with van der Waals surface area (Å²) in [5, 5.41) is 16.2. The van der Waals surface area contributed by atoms with Crippen molar-refractivity contribution in [2.45, 2.75) is 10.4 Å². The van der Waals surface area contributed by atoms with Crippen LogP contribution in [0.5, 0.6) is 0 Å². The second kappa shape index (κ2) is 3.70. The van der Waals surface area contributed by atoms with Crippen LogP contribution in [0, 0.1) is 0 Å². The molecule has 4 nitrogen and oxygen atoms in total. The van der Waals surface area contributed by atoms with E-state index in [0.29, 0.717) is 0 Å². The molecular formula is C4H5O4Te. The van der Waals surface area contributed by atoms with Crippen molar-refractivity contribution in [2.75, 3.05) is 0 Å². The zero-order valence-corrected chi connectivity index (χ0v) is 6.73. The molecule has 5 heteroatoms. The van der Waals surface area contributed by atoms with E-state index in [9.17, 15) is 9.59 Å². The zero-order valence-electron chi connectivity index (χ0n) is 4.40. The van der Waals surface area contributed by atoms with Gasteiger partial charge in [0.2, 0.25) is 0 Å². The molecule has 0 fully saturated rings. The topological polar surface area (TPSA) is 74.6 Å². The van der Waals surface area contributed by atoms with E-state index in [1.807, 2.05) is 0 Å². The van der Waals surface area contributed by atoms with E-state index in [0.717, 1.165) is 0 Å². The zero-order chi connectivity index (χ0) is 7.44. The van der Waals surface area contributed by atoms with E-state index in [1.54, 1.807) is 0 Å². The molecule has 0 bridgehead atoms. The Kier molecular flexibility index (Phi) is 3.59. The first-order valence-electron chi connectivity index (χ1n) is 2.14. The predicted molar refractivity (Wildman–Crippen MR) is 29.4 cm³/mol. The van der Waals surface area contributed by atoms with Crippen molar-refractivity contribution in [3.05, 3.63) is 0 Å². The molecule has 1 unspecified atom stereocenters. The van der Waals surface area contributed by atoms with E-state index < -0.39 is 15.9 Å². The summed E-state index contributed by atoms with van der Waals surface area (Å²) in [6, 6.07) is 0. The van der Waals surface area contributed by atoms with E-state index in [1.165, 1.54) is 22.3 Å². The van der Waals surface area contributed by atoms with Crippen molar-refractivity contribution in [2.24, 2.45) is 0 Å². The van der Waals surface area contributed by atoms with Gasteiger partial charge in [-0.1, -0.05) is 0 Å². The van der Waals surface area contributed by atoms with Gasteiger partial charge >= 0.3 is 64.4 Å². The summed E-state index contributed by atoms with van der Waals surface area (Å²) < 4.78 is -0.779. The number of carboxylic acid groups (broad SMARTS) is 2. The standard InChI is InChI=1S/C4H5O4Te/c5-3(6)1-2(9)4(7)8/h2H,1H2,(H,5,6)(H,7,8). The van der Waals surface area contributed by atoms with Crippen molar-refractivity contribution >= 4 is 34.2 Å². The third kappa shape index (κ3) is 4.25. The first kappa shape index (κ1) is 8.73. The van der Waals surface area contributed by atoms with Gasteiger partial charge in [0.15, 0.2) is 0 Å². The molecule has 1 atom stereocenters. The van der Waals surface area contributed by atoms with E-state index in [4.69, 9.17) is 10.2 Å². The Balaban J connectivity index is 3.63. The molecule has 0 aromatic carbocycles. The summed E-state index contributed by atoms with van der Waals surface area (Å²) in [6.07, 6.45) is -0.306. The molecule has 0 saturated carbocycles. The molecule has 0 saturated heterocycles. The molecule has 0 rings (SSSR count). The van der Waals surface area contributed by atoms with Gasteiger partial charge in [0.25, 0.3) is 0 Å². The normalized spacial score (nSPS) is 12.6. The van der Waals surface area contributed by atoms with E-state index >= 15 is 0 Å². The van der Waals surface area contributed by atoms with Gasteiger partial charge in [-0.3, -0.25) is 0 Å². The minimum absolute atomic E-state index is 0.306. The molecule has 0 amide bonds. The molecule has 9 heavy (non-hydrogen) atoms. The minimum atomic E-state index is -1.08. The molecule has 0 heterocycles. The first-order valence-corrected chi connectivity index (χ1v) is 3.49. The summed E-state index contributed by atoms with van der Waals surface area (Å²) in [5.41, 5.74) is 0. The summed E-state index contributed by atoms with van der Waals surface area (Å²) in [7, 11) is 0. The van der Waals surface area contributed by atoms with Gasteiger partial charge in [-0.2, -0.15) is 0 Å². The Morgan fingerprint density at radius 1 is 1.44 bits per heavy atom. The van der Waals surface area contributed by atoms with E-state index in [-0.39, 0.29) is 6.42 Å². The van der Waals surface area contributed by atoms with Crippen molar-refractivity contribution < 1.29 is 19.8 Å². The quantitative estimate of drug-likeness (QED) is 0.657. The van der Waals surface area contributed by atoms with Crippen LogP contribution in [0.15, 0.2) is 0 Å². The summed E-state index contributed by atoms with van der Waals surface area (Å²) >= 11 is 1.29. The Morgan fingerprint density at radius 2 is 1.89 bits per heavy atom. The van der Waals surface area contributed by atoms with Crippen LogP contribution < -0.4 is 0 Å². The van der Waals surface area contributed by atoms with Crippen molar-refractivity contribution in [1.82, 2.24) is 0 Å². The molecule has 0 spiro atoms. The molecule has 0 aliphatic carbocycles. The number of hydrogen-bond acceptors (Lipinski definition) is 2. The van der Waals surface area contributed by atoms with Crippen LogP contribution in [0.3, 0.4) is 0 Å². The van der Waals surface area contributed by atoms with Gasteiger partial charge in [0, 0.05) is 0 Å². The van der Waals surface area contributed by atoms with Crippen LogP contribution in [-0.4, -0.2) is 44.4 Å². The molecule has 2 N–H and O–H groups in total. The number of rotatable bonds is 3. The van der Waals surface area contributed by atoms with Crippen LogP contribution in [0.1, 0.15) is 6.42 Å². The Hall–Kier alpha value is -0.270. The Labute approximate surface area is 64.8 Å². The third-order valence-electron chi connectivity index (χ3n) is 0.635. The molecule has 0 aliphatic rings. The second-order valence-electron chi connectivity index (χ2n) is 1.42. The average Bonchev–Trinajstić information content (AvgIpc) is 1.63. The van der Waals surface area contributed by atoms with Crippen LogP contribution >= 0.6 is 0 Å². The van der Waals surface area contributed by atoms with Crippen LogP contribution in [0.25, 0.3) is 0 Å². The fourth-order valence-corrected chi connectivity index (χ4v) is 0.653. The first-order chi connectivity index (χ1) is 4.04. The fourth-order valence-electron chi connectivity index (χ4n) is 0.246. The van der Waals surface area contributed by atoms with Gasteiger partial charge in [-0.15, -0.1) is 0 Å². The molecule has 1 radical (unpaired) electrons. The van der Waals surface area contributed by atoms with Crippen molar-refractivity contribution in [3.63, 3.8) is 0 Å². The van der Waals surface area contributed by atoms with Crippen LogP contribution in [-0.2, 0) is 9.59 Å². The monoisotopic (exact) mass is 247 g/mol. The Bertz CT molecular complexity index is 133. The maximum atomic E-state index is 9.97. The number of hydrogen-bond donors (Lipinski definition) is 2. The van der Waals surface area contributed by atoms with E-state index in [2.05, 4.69) is 0 Å². The number of aliphatic carboxylic acids is 2. The molecule has 0 aromatic heterocycles. The number of carbonyl (C=O) groups is 2. The van der Waals surface area contributed by atoms with Crippen molar-refractivity contribution in [3.8, 4) is 0 Å². The van der Waals surface area contributed by atoms with Crippen molar-refractivity contribution in [1.29, 1.82) is 0 Å². The van der Waals surface area contributed by atoms with Gasteiger partial charge in [0.1, 0.15) is 0 Å². The summed E-state index contributed by atoms with van der Waals surface area (Å²) in [5.74, 6) is -2.14. The average molecular weight is 245 g/mol. The van der Waals surface area contributed by atoms with Crippen LogP contribution in [0.4, 0.5) is 0 Å². The third-order valence-corrected chi connectivity index (χ3v) is 1.69. The summed E-state index contributed by atoms with van der Waals surface area (Å²) in [6.45, 7) is 0. The maximum absolute atomic E-state index is 9.97. The van der Waals surface area contributed by atoms with Crippen LogP contribution in [0.2, 0.25) is 3.97 Å². The molecule has 51 valence electrons. The SMILES string of the molecule is O=C(O)CC([Te])C(=O)O. The Morgan fingerprint density at radius 3 is 2.00 bits per heavy atom. The molecule has 0 aromatic rings. The molecular weight excluding hydrogens is 240 g/mol. The van der Waals surface area contributed by atoms with Gasteiger partial charge in [0.05, 0.1) is 0 Å². The predicted octanol–water partition coefficient (Wildman–Crippen LogP) is -0.497. The second-order valence-corrected chi connectivity index (χ2v) is 3.05. The fraction of sp³-hybridized carbons (Fsp3) is 0.500. The van der Waals surface area contributed by atoms with Gasteiger partial charge < -0.3 is 0 Å². The molecule has 0 aliphatic heterocycles. The van der Waals surface area contributed by atoms with Gasteiger partial charge in [-0.25, -0.2) is 0 Å². The number of carboxylic acids is 2. The summed E-state index contributed by atoms with van der Waals surface area (Å²) in [4.78, 5) is 19.8.